The molecule has 4 heteroatoms. The van der Waals surface area contributed by atoms with Crippen LogP contribution >= 0.6 is 0 Å². The van der Waals surface area contributed by atoms with Crippen molar-refractivity contribution >= 4 is 5.69 Å². The second kappa shape index (κ2) is 4.96. The van der Waals surface area contributed by atoms with Gasteiger partial charge in [0.1, 0.15) is 17.3 Å². The molecule has 0 aromatic heterocycles. The molecule has 0 heterocycles. The van der Waals surface area contributed by atoms with E-state index in [0.29, 0.717) is 17.1 Å². The van der Waals surface area contributed by atoms with Gasteiger partial charge in [-0.2, -0.15) is 0 Å². The first-order chi connectivity index (χ1) is 8.65. The predicted octanol–water partition coefficient (Wildman–Crippen LogP) is 3.09. The molecule has 3 nitrogen and oxygen atoms in total. The minimum Gasteiger partial charge on any atom is -0.497 e. The third kappa shape index (κ3) is 2.22. The Labute approximate surface area is 105 Å². The first-order valence-corrected chi connectivity index (χ1v) is 5.43. The SMILES string of the molecule is COc1cc(OC)cc(-c2cccc(F)c2N)c1. The van der Waals surface area contributed by atoms with E-state index in [1.807, 2.05) is 0 Å². The molecule has 0 spiro atoms. The molecule has 18 heavy (non-hydrogen) atoms. The third-order valence-corrected chi connectivity index (χ3v) is 2.72. The number of nitrogen functional groups attached to an aromatic ring is 1. The highest BCUT2D eigenvalue weighted by Crippen LogP contribution is 2.33. The van der Waals surface area contributed by atoms with Crippen molar-refractivity contribution in [1.82, 2.24) is 0 Å². The van der Waals surface area contributed by atoms with Gasteiger partial charge in [-0.3, -0.25) is 0 Å². The van der Waals surface area contributed by atoms with Gasteiger partial charge in [-0.05, 0) is 23.8 Å². The number of rotatable bonds is 3. The summed E-state index contributed by atoms with van der Waals surface area (Å²) in [4.78, 5) is 0. The number of ether oxygens (including phenoxy) is 2. The Morgan fingerprint density at radius 3 is 2.17 bits per heavy atom. The number of hydrogen-bond acceptors (Lipinski definition) is 3. The summed E-state index contributed by atoms with van der Waals surface area (Å²) in [6.45, 7) is 0. The molecule has 0 saturated heterocycles. The zero-order valence-electron chi connectivity index (χ0n) is 10.2. The van der Waals surface area contributed by atoms with Crippen molar-refractivity contribution in [3.8, 4) is 22.6 Å². The fourth-order valence-electron chi connectivity index (χ4n) is 1.75. The van der Waals surface area contributed by atoms with Crippen LogP contribution in [0.3, 0.4) is 0 Å². The maximum Gasteiger partial charge on any atom is 0.146 e. The van der Waals surface area contributed by atoms with Crippen molar-refractivity contribution in [2.45, 2.75) is 0 Å². The molecule has 0 unspecified atom stereocenters. The third-order valence-electron chi connectivity index (χ3n) is 2.72. The fourth-order valence-corrected chi connectivity index (χ4v) is 1.75. The van der Waals surface area contributed by atoms with Gasteiger partial charge in [-0.1, -0.05) is 12.1 Å². The Kier molecular flexibility index (Phi) is 3.37. The van der Waals surface area contributed by atoms with E-state index in [1.165, 1.54) is 6.07 Å². The first-order valence-electron chi connectivity index (χ1n) is 5.43. The number of para-hydroxylation sites is 1. The minimum absolute atomic E-state index is 0.118. The van der Waals surface area contributed by atoms with E-state index in [1.54, 1.807) is 44.6 Å². The van der Waals surface area contributed by atoms with Crippen LogP contribution in [-0.2, 0) is 0 Å². The maximum absolute atomic E-state index is 13.4. The topological polar surface area (TPSA) is 44.5 Å². The normalized spacial score (nSPS) is 10.2. The Hall–Kier alpha value is -2.23. The lowest BCUT2D eigenvalue weighted by molar-refractivity contribution is 0.394. The summed E-state index contributed by atoms with van der Waals surface area (Å²) in [6, 6.07) is 10.0. The highest BCUT2D eigenvalue weighted by atomic mass is 19.1. The molecule has 0 aliphatic carbocycles. The Morgan fingerprint density at radius 1 is 1.00 bits per heavy atom. The van der Waals surface area contributed by atoms with Gasteiger partial charge < -0.3 is 15.2 Å². The Balaban J connectivity index is 2.59. The van der Waals surface area contributed by atoms with Crippen molar-refractivity contribution in [3.05, 3.63) is 42.2 Å². The summed E-state index contributed by atoms with van der Waals surface area (Å²) in [7, 11) is 3.13. The van der Waals surface area contributed by atoms with E-state index in [-0.39, 0.29) is 5.69 Å². The Bertz CT molecular complexity index is 547. The first kappa shape index (κ1) is 12.2. The number of halogens is 1. The zero-order chi connectivity index (χ0) is 13.1. The van der Waals surface area contributed by atoms with Gasteiger partial charge in [-0.25, -0.2) is 4.39 Å². The smallest absolute Gasteiger partial charge is 0.146 e. The molecule has 0 bridgehead atoms. The molecule has 2 N–H and O–H groups in total. The monoisotopic (exact) mass is 247 g/mol. The molecule has 2 rings (SSSR count). The quantitative estimate of drug-likeness (QED) is 0.848. The molecule has 2 aromatic carbocycles. The molecular weight excluding hydrogens is 233 g/mol. The van der Waals surface area contributed by atoms with Crippen LogP contribution in [-0.4, -0.2) is 14.2 Å². The van der Waals surface area contributed by atoms with E-state index in [4.69, 9.17) is 15.2 Å². The summed E-state index contributed by atoms with van der Waals surface area (Å²) in [5, 5.41) is 0. The number of hydrogen-bond donors (Lipinski definition) is 1. The highest BCUT2D eigenvalue weighted by molar-refractivity contribution is 5.78. The number of anilines is 1. The predicted molar refractivity (Wildman–Crippen MR) is 69.4 cm³/mol. The van der Waals surface area contributed by atoms with Crippen molar-refractivity contribution in [3.63, 3.8) is 0 Å². The van der Waals surface area contributed by atoms with Crippen LogP contribution in [0.1, 0.15) is 0 Å². The van der Waals surface area contributed by atoms with Crippen LogP contribution in [0.25, 0.3) is 11.1 Å². The maximum atomic E-state index is 13.4. The molecule has 0 radical (unpaired) electrons. The summed E-state index contributed by atoms with van der Waals surface area (Å²) >= 11 is 0. The van der Waals surface area contributed by atoms with E-state index in [9.17, 15) is 4.39 Å². The van der Waals surface area contributed by atoms with Gasteiger partial charge in [0.2, 0.25) is 0 Å². The number of benzene rings is 2. The van der Waals surface area contributed by atoms with E-state index >= 15 is 0 Å². The average molecular weight is 247 g/mol. The van der Waals surface area contributed by atoms with E-state index < -0.39 is 5.82 Å². The van der Waals surface area contributed by atoms with Crippen LogP contribution in [0.4, 0.5) is 10.1 Å². The second-order valence-corrected chi connectivity index (χ2v) is 3.80. The van der Waals surface area contributed by atoms with Crippen molar-refractivity contribution in [2.75, 3.05) is 20.0 Å². The van der Waals surface area contributed by atoms with Crippen molar-refractivity contribution in [1.29, 1.82) is 0 Å². The summed E-state index contributed by atoms with van der Waals surface area (Å²) in [6.07, 6.45) is 0. The van der Waals surface area contributed by atoms with Crippen LogP contribution in [0.15, 0.2) is 36.4 Å². The van der Waals surface area contributed by atoms with Crippen molar-refractivity contribution < 1.29 is 13.9 Å². The van der Waals surface area contributed by atoms with E-state index in [2.05, 4.69) is 0 Å². The van der Waals surface area contributed by atoms with Crippen LogP contribution in [0.5, 0.6) is 11.5 Å². The number of nitrogens with two attached hydrogens (primary N) is 1. The number of methoxy groups -OCH3 is 2. The molecule has 0 atom stereocenters. The summed E-state index contributed by atoms with van der Waals surface area (Å²) in [5.74, 6) is 0.829. The summed E-state index contributed by atoms with van der Waals surface area (Å²) < 4.78 is 23.8. The average Bonchev–Trinajstić information content (AvgIpc) is 2.41. The van der Waals surface area contributed by atoms with Crippen LogP contribution in [0, 0.1) is 5.82 Å². The van der Waals surface area contributed by atoms with Crippen LogP contribution in [0.2, 0.25) is 0 Å². The Morgan fingerprint density at radius 2 is 1.61 bits per heavy atom. The molecule has 0 saturated carbocycles. The van der Waals surface area contributed by atoms with Gasteiger partial charge in [0.25, 0.3) is 0 Å². The highest BCUT2D eigenvalue weighted by Gasteiger charge is 2.09. The molecule has 0 amide bonds. The van der Waals surface area contributed by atoms with Gasteiger partial charge in [0.05, 0.1) is 19.9 Å². The molecule has 2 aromatic rings. The van der Waals surface area contributed by atoms with Crippen LogP contribution < -0.4 is 15.2 Å². The largest absolute Gasteiger partial charge is 0.497 e. The zero-order valence-corrected chi connectivity index (χ0v) is 10.2. The molecular formula is C14H14FNO2. The van der Waals surface area contributed by atoms with Gasteiger partial charge in [-0.15, -0.1) is 0 Å². The molecule has 94 valence electrons. The molecule has 0 aliphatic heterocycles. The lowest BCUT2D eigenvalue weighted by Gasteiger charge is -2.10. The lowest BCUT2D eigenvalue weighted by atomic mass is 10.0. The minimum atomic E-state index is -0.436. The molecule has 0 fully saturated rings. The van der Waals surface area contributed by atoms with Crippen molar-refractivity contribution in [2.24, 2.45) is 0 Å². The van der Waals surface area contributed by atoms with Gasteiger partial charge in [0, 0.05) is 11.6 Å². The molecule has 0 aliphatic rings. The summed E-state index contributed by atoms with van der Waals surface area (Å²) in [5.41, 5.74) is 7.23. The standard InChI is InChI=1S/C14H14FNO2/c1-17-10-6-9(7-11(8-10)18-2)12-4-3-5-13(15)14(12)16/h3-8H,16H2,1-2H3. The van der Waals surface area contributed by atoms with Gasteiger partial charge >= 0.3 is 0 Å². The van der Waals surface area contributed by atoms with Gasteiger partial charge in [0.15, 0.2) is 0 Å². The second-order valence-electron chi connectivity index (χ2n) is 3.80. The fraction of sp³-hybridized carbons (Fsp3) is 0.143. The lowest BCUT2D eigenvalue weighted by Crippen LogP contribution is -1.95. The van der Waals surface area contributed by atoms with E-state index in [0.717, 1.165) is 5.56 Å².